The van der Waals surface area contributed by atoms with Crippen LogP contribution in [0.3, 0.4) is 0 Å². The Balaban J connectivity index is 1.86. The maximum absolute atomic E-state index is 10.9. The zero-order valence-electron chi connectivity index (χ0n) is 12.9. The van der Waals surface area contributed by atoms with Crippen LogP contribution in [0.1, 0.15) is 36.8 Å². The molecular weight excluding hydrogens is 286 g/mol. The van der Waals surface area contributed by atoms with E-state index < -0.39 is 0 Å². The quantitative estimate of drug-likeness (QED) is 0.928. The molecule has 116 valence electrons. The van der Waals surface area contributed by atoms with Crippen LogP contribution in [0.4, 0.5) is 0 Å². The molecule has 1 unspecified atom stereocenters. The highest BCUT2D eigenvalue weighted by Crippen LogP contribution is 2.40. The molecule has 0 spiro atoms. The fraction of sp³-hybridized carbons (Fsp3) is 0.647. The molecular formula is C17H24ClNO2. The van der Waals surface area contributed by atoms with Gasteiger partial charge in [-0.25, -0.2) is 0 Å². The second-order valence-electron chi connectivity index (χ2n) is 6.58. The number of aliphatic hydroxyl groups is 1. The van der Waals surface area contributed by atoms with Crippen LogP contribution in [0.15, 0.2) is 12.1 Å². The lowest BCUT2D eigenvalue weighted by Gasteiger charge is -2.40. The minimum absolute atomic E-state index is 0.103. The zero-order valence-corrected chi connectivity index (χ0v) is 13.6. The Morgan fingerprint density at radius 3 is 2.71 bits per heavy atom. The zero-order chi connectivity index (χ0) is 15.0. The Morgan fingerprint density at radius 1 is 1.33 bits per heavy atom. The monoisotopic (exact) mass is 309 g/mol. The molecule has 0 aromatic heterocycles. The Labute approximate surface area is 131 Å². The number of rotatable bonds is 4. The summed E-state index contributed by atoms with van der Waals surface area (Å²) in [5, 5.41) is 11.6. The molecule has 1 heterocycles. The summed E-state index contributed by atoms with van der Waals surface area (Å²) < 4.78 is 5.76. The van der Waals surface area contributed by atoms with Crippen LogP contribution in [-0.2, 0) is 12.8 Å². The van der Waals surface area contributed by atoms with Gasteiger partial charge in [-0.2, -0.15) is 0 Å². The van der Waals surface area contributed by atoms with Crippen molar-refractivity contribution in [1.29, 1.82) is 0 Å². The third-order valence-corrected chi connectivity index (χ3v) is 5.44. The summed E-state index contributed by atoms with van der Waals surface area (Å²) >= 11 is 6.22. The third-order valence-electron chi connectivity index (χ3n) is 5.22. The first-order valence-corrected chi connectivity index (χ1v) is 8.20. The Morgan fingerprint density at radius 2 is 2.05 bits per heavy atom. The summed E-state index contributed by atoms with van der Waals surface area (Å²) in [5.41, 5.74) is 2.12. The summed E-state index contributed by atoms with van der Waals surface area (Å²) in [6, 6.07) is 3.93. The second kappa shape index (κ2) is 5.79. The van der Waals surface area contributed by atoms with Gasteiger partial charge in [0.25, 0.3) is 0 Å². The lowest BCUT2D eigenvalue weighted by Crippen LogP contribution is -2.52. The highest BCUT2D eigenvalue weighted by atomic mass is 35.5. The van der Waals surface area contributed by atoms with Crippen LogP contribution >= 0.6 is 11.6 Å². The van der Waals surface area contributed by atoms with E-state index >= 15 is 0 Å². The predicted octanol–water partition coefficient (Wildman–Crippen LogP) is 3.05. The SMILES string of the molecule is CN(C)C1(C(O)Cc2cc(Cl)cc3c2OCC3)CCCC1. The number of halogens is 1. The van der Waals surface area contributed by atoms with E-state index in [1.165, 1.54) is 18.4 Å². The Kier molecular flexibility index (Phi) is 4.17. The number of nitrogens with zero attached hydrogens (tertiary/aromatic N) is 1. The van der Waals surface area contributed by atoms with Gasteiger partial charge in [0.1, 0.15) is 5.75 Å². The fourth-order valence-electron chi connectivity index (χ4n) is 3.96. The van der Waals surface area contributed by atoms with E-state index in [0.717, 1.165) is 42.2 Å². The van der Waals surface area contributed by atoms with Crippen molar-refractivity contribution in [2.75, 3.05) is 20.7 Å². The molecule has 3 nitrogen and oxygen atoms in total. The Bertz CT molecular complexity index is 524. The average molecular weight is 310 g/mol. The average Bonchev–Trinajstić information content (AvgIpc) is 3.07. The number of benzene rings is 1. The highest BCUT2D eigenvalue weighted by molar-refractivity contribution is 6.30. The van der Waals surface area contributed by atoms with Gasteiger partial charge in [0.2, 0.25) is 0 Å². The number of fused-ring (bicyclic) bond motifs is 1. The van der Waals surface area contributed by atoms with E-state index in [-0.39, 0.29) is 11.6 Å². The number of aliphatic hydroxyl groups excluding tert-OH is 1. The van der Waals surface area contributed by atoms with Crippen LogP contribution in [0.2, 0.25) is 5.02 Å². The van der Waals surface area contributed by atoms with Crippen molar-refractivity contribution in [3.8, 4) is 5.75 Å². The van der Waals surface area contributed by atoms with Crippen LogP contribution in [-0.4, -0.2) is 42.4 Å². The van der Waals surface area contributed by atoms with Gasteiger partial charge in [0.15, 0.2) is 0 Å². The van der Waals surface area contributed by atoms with Gasteiger partial charge in [0.05, 0.1) is 12.7 Å². The molecule has 1 saturated carbocycles. The Hall–Kier alpha value is -0.770. The largest absolute Gasteiger partial charge is 0.493 e. The smallest absolute Gasteiger partial charge is 0.126 e. The van der Waals surface area contributed by atoms with E-state index in [1.807, 2.05) is 12.1 Å². The number of hydrogen-bond acceptors (Lipinski definition) is 3. The summed E-state index contributed by atoms with van der Waals surface area (Å²) in [7, 11) is 4.15. The third kappa shape index (κ3) is 2.67. The summed E-state index contributed by atoms with van der Waals surface area (Å²) in [6.07, 6.45) is 5.65. The van der Waals surface area contributed by atoms with Crippen molar-refractivity contribution in [2.45, 2.75) is 50.2 Å². The number of ether oxygens (including phenoxy) is 1. The first-order valence-electron chi connectivity index (χ1n) is 7.82. The van der Waals surface area contributed by atoms with Crippen molar-refractivity contribution >= 4 is 11.6 Å². The first kappa shape index (κ1) is 15.1. The van der Waals surface area contributed by atoms with Gasteiger partial charge in [-0.05, 0) is 50.2 Å². The van der Waals surface area contributed by atoms with Gasteiger partial charge in [-0.15, -0.1) is 0 Å². The first-order chi connectivity index (χ1) is 10.0. The topological polar surface area (TPSA) is 32.7 Å². The predicted molar refractivity (Wildman–Crippen MR) is 85.2 cm³/mol. The molecule has 0 saturated heterocycles. The van der Waals surface area contributed by atoms with Gasteiger partial charge in [0, 0.05) is 23.4 Å². The summed E-state index contributed by atoms with van der Waals surface area (Å²) in [5.74, 6) is 0.949. The van der Waals surface area contributed by atoms with Crippen molar-refractivity contribution in [1.82, 2.24) is 4.90 Å². The maximum atomic E-state index is 10.9. The maximum Gasteiger partial charge on any atom is 0.126 e. The van der Waals surface area contributed by atoms with Gasteiger partial charge < -0.3 is 14.7 Å². The van der Waals surface area contributed by atoms with Gasteiger partial charge in [-0.1, -0.05) is 24.4 Å². The van der Waals surface area contributed by atoms with E-state index in [1.54, 1.807) is 0 Å². The molecule has 1 aliphatic heterocycles. The van der Waals surface area contributed by atoms with E-state index in [0.29, 0.717) is 6.42 Å². The molecule has 0 bridgehead atoms. The second-order valence-corrected chi connectivity index (χ2v) is 7.01. The van der Waals surface area contributed by atoms with Crippen molar-refractivity contribution in [3.63, 3.8) is 0 Å². The van der Waals surface area contributed by atoms with Crippen LogP contribution in [0.25, 0.3) is 0 Å². The van der Waals surface area contributed by atoms with Crippen LogP contribution in [0, 0.1) is 0 Å². The minimum atomic E-state index is -0.387. The molecule has 1 aromatic carbocycles. The van der Waals surface area contributed by atoms with Gasteiger partial charge in [-0.3, -0.25) is 0 Å². The minimum Gasteiger partial charge on any atom is -0.493 e. The van der Waals surface area contributed by atoms with Crippen LogP contribution in [0.5, 0.6) is 5.75 Å². The van der Waals surface area contributed by atoms with E-state index in [9.17, 15) is 5.11 Å². The normalized spacial score (nSPS) is 21.4. The molecule has 1 aliphatic carbocycles. The molecule has 1 atom stereocenters. The lowest BCUT2D eigenvalue weighted by molar-refractivity contribution is -0.00277. The lowest BCUT2D eigenvalue weighted by atomic mass is 9.85. The summed E-state index contributed by atoms with van der Waals surface area (Å²) in [4.78, 5) is 2.20. The molecule has 21 heavy (non-hydrogen) atoms. The standard InChI is InChI=1S/C17H24ClNO2/c1-19(2)17(6-3-4-7-17)15(20)11-13-10-14(18)9-12-5-8-21-16(12)13/h9-10,15,20H,3-8,11H2,1-2H3. The number of likely N-dealkylation sites (N-methyl/N-ethyl adjacent to an activating group) is 1. The van der Waals surface area contributed by atoms with E-state index in [2.05, 4.69) is 19.0 Å². The highest BCUT2D eigenvalue weighted by Gasteiger charge is 2.42. The van der Waals surface area contributed by atoms with Crippen molar-refractivity contribution in [2.24, 2.45) is 0 Å². The van der Waals surface area contributed by atoms with Crippen molar-refractivity contribution in [3.05, 3.63) is 28.3 Å². The van der Waals surface area contributed by atoms with E-state index in [4.69, 9.17) is 16.3 Å². The molecule has 1 aromatic rings. The number of hydrogen-bond donors (Lipinski definition) is 1. The van der Waals surface area contributed by atoms with Crippen molar-refractivity contribution < 1.29 is 9.84 Å². The molecule has 4 heteroatoms. The fourth-order valence-corrected chi connectivity index (χ4v) is 4.23. The summed E-state index contributed by atoms with van der Waals surface area (Å²) in [6.45, 7) is 0.720. The molecule has 0 amide bonds. The van der Waals surface area contributed by atoms with Crippen LogP contribution < -0.4 is 4.74 Å². The molecule has 1 N–H and O–H groups in total. The molecule has 1 fully saturated rings. The molecule has 0 radical (unpaired) electrons. The van der Waals surface area contributed by atoms with Gasteiger partial charge >= 0.3 is 0 Å². The molecule has 2 aliphatic rings. The molecule has 3 rings (SSSR count).